The van der Waals surface area contributed by atoms with Gasteiger partial charge < -0.3 is 4.57 Å². The number of aromatic nitrogens is 4. The van der Waals surface area contributed by atoms with Crippen LogP contribution in [-0.2, 0) is 0 Å². The molecule has 0 aliphatic carbocycles. The number of thiophene rings is 1. The van der Waals surface area contributed by atoms with Gasteiger partial charge in [-0.2, -0.15) is 0 Å². The summed E-state index contributed by atoms with van der Waals surface area (Å²) in [6.45, 7) is 0. The number of nitrogens with zero attached hydrogens (tertiary/aromatic N) is 4. The van der Waals surface area contributed by atoms with Crippen LogP contribution in [0.3, 0.4) is 0 Å². The molecule has 224 valence electrons. The molecule has 0 N–H and O–H groups in total. The molecule has 0 radical (unpaired) electrons. The van der Waals surface area contributed by atoms with E-state index in [1.54, 1.807) is 0 Å². The van der Waals surface area contributed by atoms with Gasteiger partial charge in [0.25, 0.3) is 0 Å². The molecule has 0 aliphatic heterocycles. The van der Waals surface area contributed by atoms with E-state index in [9.17, 15) is 0 Å². The fourth-order valence-corrected chi connectivity index (χ4v) is 7.99. The van der Waals surface area contributed by atoms with Gasteiger partial charge in [0.2, 0.25) is 0 Å². The summed E-state index contributed by atoms with van der Waals surface area (Å²) in [5, 5.41) is 7.44. The molecule has 0 saturated carbocycles. The van der Waals surface area contributed by atoms with E-state index >= 15 is 0 Å². The van der Waals surface area contributed by atoms with Gasteiger partial charge in [-0.25, -0.2) is 15.0 Å². The second-order valence-electron chi connectivity index (χ2n) is 12.1. The average Bonchev–Trinajstić information content (AvgIpc) is 3.69. The first-order chi connectivity index (χ1) is 23.8. The predicted octanol–water partition coefficient (Wildman–Crippen LogP) is 11.5. The highest BCUT2D eigenvalue weighted by Gasteiger charge is 2.16. The molecule has 0 bridgehead atoms. The third-order valence-corrected chi connectivity index (χ3v) is 10.4. The molecule has 0 atom stereocenters. The van der Waals surface area contributed by atoms with E-state index < -0.39 is 0 Å². The number of hydrogen-bond acceptors (Lipinski definition) is 4. The Balaban J connectivity index is 1.13. The summed E-state index contributed by atoms with van der Waals surface area (Å²) in [7, 11) is 0. The van der Waals surface area contributed by atoms with Crippen LogP contribution in [0.5, 0.6) is 0 Å². The third kappa shape index (κ3) is 4.33. The SMILES string of the molecule is c1ccc(-c2nc(-c3ccc(-n4c5ccccc5c5cc6ccccc6cc54)cc3)nc(-c3ccc4sc5ccccc5c4c3)n2)cc1. The van der Waals surface area contributed by atoms with E-state index in [2.05, 4.69) is 132 Å². The van der Waals surface area contributed by atoms with Gasteiger partial charge in [-0.3, -0.25) is 0 Å². The molecule has 10 rings (SSSR count). The summed E-state index contributed by atoms with van der Waals surface area (Å²) in [4.78, 5) is 15.1. The molecule has 5 heteroatoms. The van der Waals surface area contributed by atoms with Gasteiger partial charge in [-0.1, -0.05) is 91.0 Å². The van der Waals surface area contributed by atoms with Gasteiger partial charge in [0, 0.05) is 53.3 Å². The Bertz CT molecular complexity index is 2830. The van der Waals surface area contributed by atoms with Gasteiger partial charge in [0.1, 0.15) is 0 Å². The lowest BCUT2D eigenvalue weighted by atomic mass is 10.1. The number of para-hydroxylation sites is 1. The van der Waals surface area contributed by atoms with Crippen molar-refractivity contribution in [1.29, 1.82) is 0 Å². The number of benzene rings is 7. The first-order valence-corrected chi connectivity index (χ1v) is 16.8. The Morgan fingerprint density at radius 2 is 0.958 bits per heavy atom. The van der Waals surface area contributed by atoms with Crippen molar-refractivity contribution in [3.63, 3.8) is 0 Å². The van der Waals surface area contributed by atoms with Gasteiger partial charge in [-0.15, -0.1) is 11.3 Å². The van der Waals surface area contributed by atoms with Crippen LogP contribution in [0.1, 0.15) is 0 Å². The average molecular weight is 631 g/mol. The van der Waals surface area contributed by atoms with Crippen LogP contribution in [0.2, 0.25) is 0 Å². The molecule has 0 fully saturated rings. The Hall–Kier alpha value is -6.17. The quantitative estimate of drug-likeness (QED) is 0.194. The molecule has 0 amide bonds. The largest absolute Gasteiger partial charge is 0.309 e. The summed E-state index contributed by atoms with van der Waals surface area (Å²) in [6, 6.07) is 55.7. The zero-order valence-electron chi connectivity index (χ0n) is 25.7. The van der Waals surface area contributed by atoms with Crippen molar-refractivity contribution >= 4 is 64.1 Å². The maximum Gasteiger partial charge on any atom is 0.164 e. The van der Waals surface area contributed by atoms with Crippen LogP contribution in [0.25, 0.3) is 92.6 Å². The molecule has 0 unspecified atom stereocenters. The minimum atomic E-state index is 0.647. The minimum Gasteiger partial charge on any atom is -0.309 e. The summed E-state index contributed by atoms with van der Waals surface area (Å²) in [5.74, 6) is 1.97. The summed E-state index contributed by atoms with van der Waals surface area (Å²) in [5.41, 5.74) is 6.33. The lowest BCUT2D eigenvalue weighted by molar-refractivity contribution is 1.07. The fraction of sp³-hybridized carbons (Fsp3) is 0. The van der Waals surface area contributed by atoms with E-state index in [-0.39, 0.29) is 0 Å². The second kappa shape index (κ2) is 10.7. The van der Waals surface area contributed by atoms with Crippen molar-refractivity contribution in [3.8, 4) is 39.9 Å². The van der Waals surface area contributed by atoms with Crippen molar-refractivity contribution < 1.29 is 0 Å². The van der Waals surface area contributed by atoms with E-state index in [0.29, 0.717) is 17.5 Å². The van der Waals surface area contributed by atoms with Crippen LogP contribution in [0.4, 0.5) is 0 Å². The van der Waals surface area contributed by atoms with E-state index in [0.717, 1.165) is 22.4 Å². The Morgan fingerprint density at radius 3 is 1.75 bits per heavy atom. The molecular weight excluding hydrogens is 605 g/mol. The van der Waals surface area contributed by atoms with Crippen LogP contribution in [-0.4, -0.2) is 19.5 Å². The van der Waals surface area contributed by atoms with Crippen LogP contribution in [0, 0.1) is 0 Å². The lowest BCUT2D eigenvalue weighted by Gasteiger charge is -2.11. The highest BCUT2D eigenvalue weighted by Crippen LogP contribution is 2.37. The molecule has 48 heavy (non-hydrogen) atoms. The van der Waals surface area contributed by atoms with Crippen molar-refractivity contribution in [3.05, 3.63) is 158 Å². The van der Waals surface area contributed by atoms with Crippen molar-refractivity contribution in [2.45, 2.75) is 0 Å². The monoisotopic (exact) mass is 630 g/mol. The fourth-order valence-electron chi connectivity index (χ4n) is 6.91. The molecular formula is C43H26N4S. The summed E-state index contributed by atoms with van der Waals surface area (Å²) in [6.07, 6.45) is 0. The molecule has 0 spiro atoms. The smallest absolute Gasteiger partial charge is 0.164 e. The minimum absolute atomic E-state index is 0.647. The van der Waals surface area contributed by atoms with E-state index in [1.807, 2.05) is 41.7 Å². The van der Waals surface area contributed by atoms with Gasteiger partial charge in [-0.05, 0) is 77.5 Å². The van der Waals surface area contributed by atoms with E-state index in [4.69, 9.17) is 15.0 Å². The van der Waals surface area contributed by atoms with Crippen molar-refractivity contribution in [2.24, 2.45) is 0 Å². The zero-order chi connectivity index (χ0) is 31.6. The van der Waals surface area contributed by atoms with Crippen LogP contribution < -0.4 is 0 Å². The molecule has 0 aliphatic rings. The molecule has 7 aromatic carbocycles. The standard InChI is InChI=1S/C43H26N4S/c1-2-10-27(11-3-1)41-44-42(46-43(45-41)31-20-23-40-36(25-31)34-15-7-9-17-39(34)48-40)28-18-21-32(22-19-28)47-37-16-8-6-14-33(37)35-24-29-12-4-5-13-30(29)26-38(35)47/h1-26H. The summed E-state index contributed by atoms with van der Waals surface area (Å²) < 4.78 is 4.89. The first-order valence-electron chi connectivity index (χ1n) is 16.0. The molecule has 3 heterocycles. The van der Waals surface area contributed by atoms with Crippen molar-refractivity contribution in [1.82, 2.24) is 19.5 Å². The Labute approximate surface area is 280 Å². The first kappa shape index (κ1) is 27.0. The number of hydrogen-bond donors (Lipinski definition) is 0. The highest BCUT2D eigenvalue weighted by atomic mass is 32.1. The highest BCUT2D eigenvalue weighted by molar-refractivity contribution is 7.25. The zero-order valence-corrected chi connectivity index (χ0v) is 26.5. The van der Waals surface area contributed by atoms with Gasteiger partial charge in [0.05, 0.1) is 11.0 Å². The molecule has 4 nitrogen and oxygen atoms in total. The second-order valence-corrected chi connectivity index (χ2v) is 13.2. The van der Waals surface area contributed by atoms with Gasteiger partial charge in [0.15, 0.2) is 17.5 Å². The normalized spacial score (nSPS) is 11.8. The number of rotatable bonds is 4. The topological polar surface area (TPSA) is 43.6 Å². The van der Waals surface area contributed by atoms with Crippen molar-refractivity contribution in [2.75, 3.05) is 0 Å². The summed E-state index contributed by atoms with van der Waals surface area (Å²) >= 11 is 1.81. The Morgan fingerprint density at radius 1 is 0.375 bits per heavy atom. The predicted molar refractivity (Wildman–Crippen MR) is 201 cm³/mol. The molecule has 3 aromatic heterocycles. The molecule has 10 aromatic rings. The maximum atomic E-state index is 5.07. The van der Waals surface area contributed by atoms with E-state index in [1.165, 1.54) is 52.8 Å². The third-order valence-electron chi connectivity index (χ3n) is 9.23. The van der Waals surface area contributed by atoms with Crippen LogP contribution >= 0.6 is 11.3 Å². The Kier molecular flexibility index (Phi) is 6.01. The van der Waals surface area contributed by atoms with Crippen LogP contribution in [0.15, 0.2) is 158 Å². The number of fused-ring (bicyclic) bond motifs is 7. The van der Waals surface area contributed by atoms with Gasteiger partial charge >= 0.3 is 0 Å². The lowest BCUT2D eigenvalue weighted by Crippen LogP contribution is -2.00. The maximum absolute atomic E-state index is 5.07. The molecule has 0 saturated heterocycles.